The average Bonchev–Trinajstić information content (AvgIpc) is 3.42. The van der Waals surface area contributed by atoms with Crippen LogP contribution in [-0.2, 0) is 9.59 Å². The summed E-state index contributed by atoms with van der Waals surface area (Å²) < 4.78 is 6.07. The molecule has 7 nitrogen and oxygen atoms in total. The fraction of sp³-hybridized carbons (Fsp3) is 0.480. The number of carbonyl (C=O) groups excluding carboxylic acids is 3. The number of rotatable bonds is 3. The molecular weight excluding hydrogens is 438 g/mol. The molecule has 33 heavy (non-hydrogen) atoms. The van der Waals surface area contributed by atoms with Crippen molar-refractivity contribution < 1.29 is 19.1 Å². The summed E-state index contributed by atoms with van der Waals surface area (Å²) in [6.07, 6.45) is 3.75. The van der Waals surface area contributed by atoms with Gasteiger partial charge in [0.1, 0.15) is 5.75 Å². The van der Waals surface area contributed by atoms with Crippen molar-refractivity contribution in [3.05, 3.63) is 46.7 Å². The van der Waals surface area contributed by atoms with Gasteiger partial charge in [0.25, 0.3) is 11.8 Å². The number of hydrogen-bond donors (Lipinski definition) is 0. The summed E-state index contributed by atoms with van der Waals surface area (Å²) in [7, 11) is 0. The predicted molar refractivity (Wildman–Crippen MR) is 127 cm³/mol. The van der Waals surface area contributed by atoms with E-state index in [-0.39, 0.29) is 30.2 Å². The van der Waals surface area contributed by atoms with Gasteiger partial charge in [0.05, 0.1) is 17.1 Å². The molecule has 1 aromatic heterocycles. The number of anilines is 1. The molecule has 0 N–H and O–H groups in total. The highest BCUT2D eigenvalue weighted by molar-refractivity contribution is 7.12. The Morgan fingerprint density at radius 3 is 2.33 bits per heavy atom. The Morgan fingerprint density at radius 2 is 1.61 bits per heavy atom. The summed E-state index contributed by atoms with van der Waals surface area (Å²) in [6, 6.07) is 11.2. The smallest absolute Gasteiger partial charge is 0.265 e. The van der Waals surface area contributed by atoms with E-state index in [1.807, 2.05) is 51.6 Å². The molecule has 1 aromatic carbocycles. The van der Waals surface area contributed by atoms with Gasteiger partial charge in [-0.1, -0.05) is 18.2 Å². The molecule has 4 heterocycles. The Kier molecular flexibility index (Phi) is 6.35. The van der Waals surface area contributed by atoms with Gasteiger partial charge in [0, 0.05) is 32.1 Å². The summed E-state index contributed by atoms with van der Waals surface area (Å²) >= 11 is 1.45. The maximum Gasteiger partial charge on any atom is 0.265 e. The number of nitrogens with zero attached hydrogens (tertiary/aromatic N) is 3. The lowest BCUT2D eigenvalue weighted by Crippen LogP contribution is -2.54. The van der Waals surface area contributed by atoms with Crippen LogP contribution < -0.4 is 9.64 Å². The van der Waals surface area contributed by atoms with Gasteiger partial charge in [0.15, 0.2) is 6.10 Å². The van der Waals surface area contributed by atoms with E-state index in [4.69, 9.17) is 4.74 Å². The normalized spacial score (nSPS) is 21.3. The Labute approximate surface area is 197 Å². The van der Waals surface area contributed by atoms with E-state index >= 15 is 0 Å². The Balaban J connectivity index is 1.28. The van der Waals surface area contributed by atoms with Crippen LogP contribution in [0.2, 0.25) is 0 Å². The van der Waals surface area contributed by atoms with Crippen LogP contribution in [0.3, 0.4) is 0 Å². The number of benzene rings is 1. The van der Waals surface area contributed by atoms with Gasteiger partial charge in [0.2, 0.25) is 5.91 Å². The summed E-state index contributed by atoms with van der Waals surface area (Å²) in [5.41, 5.74) is 0.724. The first-order valence-corrected chi connectivity index (χ1v) is 12.7. The van der Waals surface area contributed by atoms with Gasteiger partial charge in [-0.25, -0.2) is 0 Å². The molecule has 0 saturated carbocycles. The van der Waals surface area contributed by atoms with Gasteiger partial charge in [-0.15, -0.1) is 11.3 Å². The van der Waals surface area contributed by atoms with Crippen molar-refractivity contribution in [2.75, 3.05) is 37.6 Å². The summed E-state index contributed by atoms with van der Waals surface area (Å²) in [5, 5.41) is 1.90. The largest absolute Gasteiger partial charge is 0.476 e. The van der Waals surface area contributed by atoms with E-state index in [0.29, 0.717) is 31.7 Å². The van der Waals surface area contributed by atoms with E-state index in [1.165, 1.54) is 11.3 Å². The molecule has 3 aliphatic heterocycles. The van der Waals surface area contributed by atoms with Gasteiger partial charge in [-0.05, 0) is 55.7 Å². The Bertz CT molecular complexity index is 1010. The first-order valence-electron chi connectivity index (χ1n) is 11.8. The molecule has 5 rings (SSSR count). The molecule has 0 spiro atoms. The lowest BCUT2D eigenvalue weighted by atomic mass is 9.94. The predicted octanol–water partition coefficient (Wildman–Crippen LogP) is 3.41. The zero-order valence-electron chi connectivity index (χ0n) is 18.7. The van der Waals surface area contributed by atoms with Crippen LogP contribution in [0.5, 0.6) is 5.75 Å². The lowest BCUT2D eigenvalue weighted by Gasteiger charge is -2.39. The molecule has 3 aliphatic rings. The molecule has 2 saturated heterocycles. The second kappa shape index (κ2) is 9.55. The summed E-state index contributed by atoms with van der Waals surface area (Å²) in [4.78, 5) is 45.6. The molecule has 3 amide bonds. The van der Waals surface area contributed by atoms with Crippen LogP contribution in [0.15, 0.2) is 41.8 Å². The number of fused-ring (bicyclic) bond motifs is 1. The van der Waals surface area contributed by atoms with Crippen molar-refractivity contribution in [2.24, 2.45) is 5.92 Å². The van der Waals surface area contributed by atoms with Gasteiger partial charge in [-0.2, -0.15) is 0 Å². The van der Waals surface area contributed by atoms with Gasteiger partial charge in [-0.3, -0.25) is 14.4 Å². The van der Waals surface area contributed by atoms with E-state index < -0.39 is 6.10 Å². The quantitative estimate of drug-likeness (QED) is 0.694. The molecule has 0 bridgehead atoms. The average molecular weight is 468 g/mol. The third-order valence-corrected chi connectivity index (χ3v) is 7.70. The number of amides is 3. The van der Waals surface area contributed by atoms with E-state index in [1.54, 1.807) is 4.90 Å². The van der Waals surface area contributed by atoms with Crippen LogP contribution in [-0.4, -0.2) is 66.3 Å². The van der Waals surface area contributed by atoms with Crippen molar-refractivity contribution in [1.29, 1.82) is 0 Å². The second-order valence-corrected chi connectivity index (χ2v) is 9.90. The summed E-state index contributed by atoms with van der Waals surface area (Å²) in [5.74, 6) is 0.440. The number of carbonyl (C=O) groups is 3. The molecular formula is C25H29N3O4S. The lowest BCUT2D eigenvalue weighted by molar-refractivity contribution is -0.139. The number of likely N-dealkylation sites (tertiary alicyclic amines) is 2. The SMILES string of the molecule is O=C(c1cccs1)N1CCC(C(=O)N2C[C@@H](C(=O)N3CCCCC3)Oc3ccccc32)CC1. The standard InChI is InChI=1S/C25H29N3O4S/c29-23(18-10-14-27(15-11-18)25(31)22-9-6-16-33-22)28-17-21(24(30)26-12-4-1-5-13-26)32-20-8-3-2-7-19(20)28/h2-3,6-9,16,18,21H,1,4-5,10-15,17H2/t21-/m0/s1. The van der Waals surface area contributed by atoms with Crippen LogP contribution in [0.4, 0.5) is 5.69 Å². The minimum Gasteiger partial charge on any atom is -0.476 e. The van der Waals surface area contributed by atoms with Crippen molar-refractivity contribution in [2.45, 2.75) is 38.2 Å². The maximum atomic E-state index is 13.6. The van der Waals surface area contributed by atoms with Gasteiger partial charge < -0.3 is 19.4 Å². The highest BCUT2D eigenvalue weighted by Gasteiger charge is 2.39. The monoisotopic (exact) mass is 467 g/mol. The number of piperidine rings is 2. The fourth-order valence-electron chi connectivity index (χ4n) is 5.00. The highest BCUT2D eigenvalue weighted by atomic mass is 32.1. The number of hydrogen-bond acceptors (Lipinski definition) is 5. The zero-order valence-corrected chi connectivity index (χ0v) is 19.5. The van der Waals surface area contributed by atoms with E-state index in [0.717, 1.165) is 42.9 Å². The first kappa shape index (κ1) is 21.9. The van der Waals surface area contributed by atoms with Crippen LogP contribution in [0, 0.1) is 5.92 Å². The van der Waals surface area contributed by atoms with Crippen LogP contribution in [0.25, 0.3) is 0 Å². The number of para-hydroxylation sites is 2. The third kappa shape index (κ3) is 4.49. The number of ether oxygens (including phenoxy) is 1. The minimum absolute atomic E-state index is 0.0189. The zero-order chi connectivity index (χ0) is 22.8. The maximum absolute atomic E-state index is 13.6. The minimum atomic E-state index is -0.678. The molecule has 2 aromatic rings. The van der Waals surface area contributed by atoms with E-state index in [9.17, 15) is 14.4 Å². The van der Waals surface area contributed by atoms with Crippen LogP contribution in [0.1, 0.15) is 41.8 Å². The topological polar surface area (TPSA) is 70.2 Å². The summed E-state index contributed by atoms with van der Waals surface area (Å²) in [6.45, 7) is 2.88. The Morgan fingerprint density at radius 1 is 0.848 bits per heavy atom. The fourth-order valence-corrected chi connectivity index (χ4v) is 5.69. The van der Waals surface area contributed by atoms with Crippen molar-refractivity contribution in [3.8, 4) is 5.75 Å². The third-order valence-electron chi connectivity index (χ3n) is 6.85. The Hall–Kier alpha value is -2.87. The molecule has 0 aliphatic carbocycles. The number of thiophene rings is 1. The molecule has 2 fully saturated rings. The molecule has 0 radical (unpaired) electrons. The molecule has 1 atom stereocenters. The molecule has 174 valence electrons. The molecule has 8 heteroatoms. The highest BCUT2D eigenvalue weighted by Crippen LogP contribution is 2.36. The molecule has 0 unspecified atom stereocenters. The van der Waals surface area contributed by atoms with Crippen molar-refractivity contribution >= 4 is 34.7 Å². The van der Waals surface area contributed by atoms with E-state index in [2.05, 4.69) is 0 Å². The first-order chi connectivity index (χ1) is 16.1. The second-order valence-electron chi connectivity index (χ2n) is 8.95. The van der Waals surface area contributed by atoms with Crippen LogP contribution >= 0.6 is 11.3 Å². The van der Waals surface area contributed by atoms with Crippen molar-refractivity contribution in [1.82, 2.24) is 9.80 Å². The van der Waals surface area contributed by atoms with Gasteiger partial charge >= 0.3 is 0 Å². The van der Waals surface area contributed by atoms with Crippen molar-refractivity contribution in [3.63, 3.8) is 0 Å².